The third-order valence-corrected chi connectivity index (χ3v) is 4.59. The molecule has 154 valence electrons. The van der Waals surface area contributed by atoms with Crippen molar-refractivity contribution in [2.45, 2.75) is 27.0 Å². The first kappa shape index (κ1) is 21.0. The molecule has 8 heteroatoms. The van der Waals surface area contributed by atoms with Crippen molar-refractivity contribution in [3.8, 4) is 17.5 Å². The van der Waals surface area contributed by atoms with Gasteiger partial charge in [0.15, 0.2) is 6.61 Å². The van der Waals surface area contributed by atoms with Crippen molar-refractivity contribution in [1.29, 1.82) is 5.26 Å². The van der Waals surface area contributed by atoms with Gasteiger partial charge in [-0.3, -0.25) is 0 Å². The van der Waals surface area contributed by atoms with Crippen LogP contribution in [0.4, 0.5) is 0 Å². The van der Waals surface area contributed by atoms with E-state index in [1.54, 1.807) is 7.11 Å². The predicted molar refractivity (Wildman–Crippen MR) is 109 cm³/mol. The van der Waals surface area contributed by atoms with E-state index in [0.717, 1.165) is 22.5 Å². The Bertz CT molecular complexity index is 1090. The van der Waals surface area contributed by atoms with Gasteiger partial charge < -0.3 is 18.5 Å². The van der Waals surface area contributed by atoms with Crippen LogP contribution in [0.25, 0.3) is 17.5 Å². The van der Waals surface area contributed by atoms with Gasteiger partial charge in [-0.25, -0.2) is 4.79 Å². The van der Waals surface area contributed by atoms with E-state index in [1.807, 2.05) is 56.3 Å². The van der Waals surface area contributed by atoms with E-state index in [0.29, 0.717) is 19.0 Å². The highest BCUT2D eigenvalue weighted by molar-refractivity contribution is 5.98. The van der Waals surface area contributed by atoms with Gasteiger partial charge >= 0.3 is 5.97 Å². The molecule has 1 aromatic carbocycles. The van der Waals surface area contributed by atoms with E-state index >= 15 is 0 Å². The first-order valence-corrected chi connectivity index (χ1v) is 9.36. The van der Waals surface area contributed by atoms with Crippen LogP contribution in [0.3, 0.4) is 0 Å². The summed E-state index contributed by atoms with van der Waals surface area (Å²) < 4.78 is 17.9. The van der Waals surface area contributed by atoms with Crippen LogP contribution in [0.2, 0.25) is 0 Å². The summed E-state index contributed by atoms with van der Waals surface area (Å²) in [7, 11) is 1.64. The monoisotopic (exact) mass is 406 g/mol. The van der Waals surface area contributed by atoms with E-state index in [-0.39, 0.29) is 18.1 Å². The molecule has 0 aliphatic carbocycles. The minimum atomic E-state index is -0.751. The van der Waals surface area contributed by atoms with Gasteiger partial charge in [0.25, 0.3) is 5.89 Å². The molecule has 0 unspecified atom stereocenters. The van der Waals surface area contributed by atoms with Crippen LogP contribution in [-0.4, -0.2) is 34.5 Å². The van der Waals surface area contributed by atoms with Gasteiger partial charge in [-0.1, -0.05) is 18.2 Å². The largest absolute Gasteiger partial charge is 0.451 e. The summed E-state index contributed by atoms with van der Waals surface area (Å²) in [5.74, 6) is -0.267. The molecule has 0 aliphatic heterocycles. The first-order chi connectivity index (χ1) is 14.5. The Morgan fingerprint density at radius 2 is 2.03 bits per heavy atom. The molecular formula is C22H22N4O4. The number of benzene rings is 1. The zero-order chi connectivity index (χ0) is 21.5. The Hall–Kier alpha value is -3.70. The van der Waals surface area contributed by atoms with E-state index in [9.17, 15) is 10.1 Å². The number of methoxy groups -OCH3 is 1. The highest BCUT2D eigenvalue weighted by atomic mass is 16.5. The second-order valence-electron chi connectivity index (χ2n) is 6.58. The quantitative estimate of drug-likeness (QED) is 0.321. The minimum Gasteiger partial charge on any atom is -0.451 e. The van der Waals surface area contributed by atoms with E-state index in [1.165, 1.54) is 6.08 Å². The number of hydrogen-bond acceptors (Lipinski definition) is 7. The fourth-order valence-electron chi connectivity index (χ4n) is 3.01. The highest BCUT2D eigenvalue weighted by Gasteiger charge is 2.16. The molecule has 30 heavy (non-hydrogen) atoms. The number of hydrogen-bond donors (Lipinski definition) is 0. The molecule has 0 N–H and O–H groups in total. The van der Waals surface area contributed by atoms with Crippen LogP contribution < -0.4 is 0 Å². The summed E-state index contributed by atoms with van der Waals surface area (Å²) in [6, 6.07) is 13.1. The molecule has 0 spiro atoms. The molecular weight excluding hydrogens is 384 g/mol. The van der Waals surface area contributed by atoms with Crippen LogP contribution >= 0.6 is 0 Å². The Kier molecular flexibility index (Phi) is 6.78. The van der Waals surface area contributed by atoms with E-state index in [2.05, 4.69) is 14.8 Å². The molecule has 0 radical (unpaired) electrons. The summed E-state index contributed by atoms with van der Waals surface area (Å²) in [5, 5.41) is 17.2. The second kappa shape index (κ2) is 9.67. The van der Waals surface area contributed by atoms with Gasteiger partial charge in [0.05, 0.1) is 6.61 Å². The number of nitriles is 1. The lowest BCUT2D eigenvalue weighted by atomic mass is 10.1. The zero-order valence-corrected chi connectivity index (χ0v) is 17.1. The third-order valence-electron chi connectivity index (χ3n) is 4.59. The van der Waals surface area contributed by atoms with Gasteiger partial charge in [-0.2, -0.15) is 5.26 Å². The Balaban J connectivity index is 1.69. The van der Waals surface area contributed by atoms with Gasteiger partial charge in [0.2, 0.25) is 5.89 Å². The van der Waals surface area contributed by atoms with Crippen LogP contribution in [0.15, 0.2) is 46.4 Å². The lowest BCUT2D eigenvalue weighted by Crippen LogP contribution is -2.08. The molecule has 3 rings (SSSR count). The van der Waals surface area contributed by atoms with E-state index < -0.39 is 5.97 Å². The summed E-state index contributed by atoms with van der Waals surface area (Å²) in [5.41, 5.74) is 3.39. The molecule has 3 aromatic rings. The summed E-state index contributed by atoms with van der Waals surface area (Å²) >= 11 is 0. The SMILES string of the molecule is COCCn1c(C)cc(/C=C(\C#N)C(=O)OCc2nnc(-c3ccccc3)o2)c1C. The number of ether oxygens (including phenoxy) is 2. The Morgan fingerprint density at radius 3 is 2.73 bits per heavy atom. The number of carbonyl (C=O) groups is 1. The first-order valence-electron chi connectivity index (χ1n) is 9.36. The van der Waals surface area contributed by atoms with Crippen molar-refractivity contribution in [2.75, 3.05) is 13.7 Å². The van der Waals surface area contributed by atoms with Crippen molar-refractivity contribution in [3.63, 3.8) is 0 Å². The number of aromatic nitrogens is 3. The van der Waals surface area contributed by atoms with Gasteiger partial charge in [-0.05, 0) is 43.7 Å². The maximum absolute atomic E-state index is 12.4. The van der Waals surface area contributed by atoms with Crippen molar-refractivity contribution < 1.29 is 18.7 Å². The lowest BCUT2D eigenvalue weighted by Gasteiger charge is -2.08. The molecule has 0 aliphatic rings. The maximum Gasteiger partial charge on any atom is 0.349 e. The fraction of sp³-hybridized carbons (Fsp3) is 0.273. The fourth-order valence-corrected chi connectivity index (χ4v) is 3.01. The molecule has 0 fully saturated rings. The minimum absolute atomic E-state index is 0.107. The lowest BCUT2D eigenvalue weighted by molar-refractivity contribution is -0.140. The molecule has 2 aromatic heterocycles. The zero-order valence-electron chi connectivity index (χ0n) is 17.1. The standard InChI is InChI=1S/C22H22N4O4/c1-15-11-18(16(2)26(15)9-10-28-3)12-19(13-23)22(27)29-14-20-24-25-21(30-20)17-7-5-4-6-8-17/h4-8,11-12H,9-10,14H2,1-3H3/b19-12+. The van der Waals surface area contributed by atoms with Crippen molar-refractivity contribution in [1.82, 2.24) is 14.8 Å². The third kappa shape index (κ3) is 4.82. The summed E-state index contributed by atoms with van der Waals surface area (Å²) in [4.78, 5) is 12.4. The molecule has 0 amide bonds. The smallest absolute Gasteiger partial charge is 0.349 e. The molecule has 0 atom stereocenters. The highest BCUT2D eigenvalue weighted by Crippen LogP contribution is 2.20. The van der Waals surface area contributed by atoms with Crippen molar-refractivity contribution in [2.24, 2.45) is 0 Å². The van der Waals surface area contributed by atoms with Gasteiger partial charge in [0, 0.05) is 30.6 Å². The van der Waals surface area contributed by atoms with Gasteiger partial charge in [-0.15, -0.1) is 10.2 Å². The average Bonchev–Trinajstić information content (AvgIpc) is 3.34. The number of esters is 1. The molecule has 2 heterocycles. The van der Waals surface area contributed by atoms with Crippen molar-refractivity contribution in [3.05, 3.63) is 64.8 Å². The topological polar surface area (TPSA) is 103 Å². The molecule has 0 saturated heterocycles. The Morgan fingerprint density at radius 1 is 1.27 bits per heavy atom. The number of nitrogens with zero attached hydrogens (tertiary/aromatic N) is 4. The average molecular weight is 406 g/mol. The second-order valence-corrected chi connectivity index (χ2v) is 6.58. The Labute approximate surface area is 174 Å². The van der Waals surface area contributed by atoms with Crippen LogP contribution in [0.5, 0.6) is 0 Å². The molecule has 0 bridgehead atoms. The van der Waals surface area contributed by atoms with E-state index in [4.69, 9.17) is 13.9 Å². The number of carbonyl (C=O) groups excluding carboxylic acids is 1. The number of aryl methyl sites for hydroxylation is 1. The molecule has 8 nitrogen and oxygen atoms in total. The van der Waals surface area contributed by atoms with Crippen LogP contribution in [-0.2, 0) is 27.4 Å². The molecule has 0 saturated carbocycles. The maximum atomic E-state index is 12.4. The predicted octanol–water partition coefficient (Wildman–Crippen LogP) is 3.45. The van der Waals surface area contributed by atoms with Crippen LogP contribution in [0.1, 0.15) is 22.8 Å². The normalized spacial score (nSPS) is 11.3. The summed E-state index contributed by atoms with van der Waals surface area (Å²) in [6.07, 6.45) is 1.52. The summed E-state index contributed by atoms with van der Waals surface area (Å²) in [6.45, 7) is 4.93. The number of rotatable bonds is 8. The van der Waals surface area contributed by atoms with Crippen molar-refractivity contribution >= 4 is 12.0 Å². The van der Waals surface area contributed by atoms with Gasteiger partial charge in [0.1, 0.15) is 11.6 Å². The van der Waals surface area contributed by atoms with Crippen LogP contribution in [0, 0.1) is 25.2 Å².